The normalized spacial score (nSPS) is 11.3. The molecule has 1 amide bonds. The summed E-state index contributed by atoms with van der Waals surface area (Å²) in [6, 6.07) is 4.53. The van der Waals surface area contributed by atoms with Crippen molar-refractivity contribution in [2.45, 2.75) is 57.8 Å². The summed E-state index contributed by atoms with van der Waals surface area (Å²) in [6.07, 6.45) is 11.8. The Balaban J connectivity index is 1.83. The van der Waals surface area contributed by atoms with Crippen molar-refractivity contribution in [1.29, 1.82) is 0 Å². The van der Waals surface area contributed by atoms with Crippen molar-refractivity contribution in [1.82, 2.24) is 5.32 Å². The van der Waals surface area contributed by atoms with Crippen LogP contribution in [0, 0.1) is 0 Å². The average Bonchev–Trinajstić information content (AvgIpc) is 2.78. The van der Waals surface area contributed by atoms with Crippen molar-refractivity contribution in [3.05, 3.63) is 23.8 Å². The van der Waals surface area contributed by atoms with Gasteiger partial charge in [-0.2, -0.15) is 12.6 Å². The number of benzene rings is 1. The topological polar surface area (TPSA) is 100 Å². The highest BCUT2D eigenvalue weighted by Gasteiger charge is 2.01. The van der Waals surface area contributed by atoms with Crippen molar-refractivity contribution < 1.29 is 24.5 Å². The second-order valence-electron chi connectivity index (χ2n) is 7.66. The number of phenolic OH excluding ortho intramolecular Hbond substituents is 2. The van der Waals surface area contributed by atoms with Gasteiger partial charge in [-0.1, -0.05) is 38.5 Å². The Morgan fingerprint density at radius 3 is 2.25 bits per heavy atom. The van der Waals surface area contributed by atoms with E-state index in [1.54, 1.807) is 12.3 Å². The van der Waals surface area contributed by atoms with Crippen molar-refractivity contribution >= 4 is 24.8 Å². The third-order valence-electron chi connectivity index (χ3n) is 4.86. The Morgan fingerprint density at radius 1 is 0.906 bits per heavy atom. The molecule has 8 heteroatoms. The molecule has 0 aliphatic carbocycles. The van der Waals surface area contributed by atoms with Crippen LogP contribution in [0.5, 0.6) is 11.5 Å². The maximum absolute atomic E-state index is 11.8. The van der Waals surface area contributed by atoms with Gasteiger partial charge in [0.1, 0.15) is 0 Å². The number of hydrogen-bond acceptors (Lipinski definition) is 7. The van der Waals surface area contributed by atoms with Gasteiger partial charge in [0.2, 0.25) is 5.91 Å². The summed E-state index contributed by atoms with van der Waals surface area (Å²) < 4.78 is 10.9. The SMILES string of the molecule is O=C(CCCCCCCCCCS)NCCOCCOCC/N=C/c1ccc(O)c(O)c1. The number of carbonyl (C=O) groups is 1. The number of hydrogen-bond donors (Lipinski definition) is 4. The Kier molecular flexibility index (Phi) is 17.6. The molecule has 0 aliphatic rings. The summed E-state index contributed by atoms with van der Waals surface area (Å²) in [4.78, 5) is 16.0. The minimum Gasteiger partial charge on any atom is -0.504 e. The molecule has 0 radical (unpaired) electrons. The number of nitrogens with one attached hydrogen (secondary N) is 1. The maximum atomic E-state index is 11.8. The number of phenols is 2. The summed E-state index contributed by atoms with van der Waals surface area (Å²) in [5, 5.41) is 21.6. The van der Waals surface area contributed by atoms with Crippen LogP contribution in [0.3, 0.4) is 0 Å². The van der Waals surface area contributed by atoms with E-state index in [1.807, 2.05) is 0 Å². The fourth-order valence-electron chi connectivity index (χ4n) is 3.04. The van der Waals surface area contributed by atoms with E-state index in [0.29, 0.717) is 51.5 Å². The first kappa shape index (κ1) is 28.3. The highest BCUT2D eigenvalue weighted by atomic mass is 32.1. The zero-order chi connectivity index (χ0) is 23.3. The van der Waals surface area contributed by atoms with Crippen molar-refractivity contribution in [3.8, 4) is 11.5 Å². The van der Waals surface area contributed by atoms with Gasteiger partial charge < -0.3 is 25.0 Å². The highest BCUT2D eigenvalue weighted by Crippen LogP contribution is 2.23. The molecule has 1 rings (SSSR count). The van der Waals surface area contributed by atoms with Crippen LogP contribution in [-0.4, -0.2) is 67.6 Å². The molecule has 0 aliphatic heterocycles. The van der Waals surface area contributed by atoms with Crippen molar-refractivity contribution in [2.24, 2.45) is 4.99 Å². The number of thiol groups is 1. The molecule has 7 nitrogen and oxygen atoms in total. The van der Waals surface area contributed by atoms with Gasteiger partial charge in [-0.05, 0) is 42.4 Å². The standard InChI is InChI=1S/C24H40N2O5S/c27-22-11-10-21(19-23(22)28)20-25-12-14-30-16-17-31-15-13-26-24(29)9-7-5-3-1-2-4-6-8-18-32/h10-11,19-20,27-28,32H,1-9,12-18H2,(H,26,29)/b25-20+. The Labute approximate surface area is 198 Å². The molecule has 0 bridgehead atoms. The lowest BCUT2D eigenvalue weighted by Gasteiger charge is -2.07. The molecule has 3 N–H and O–H groups in total. The van der Waals surface area contributed by atoms with E-state index in [-0.39, 0.29) is 17.4 Å². The van der Waals surface area contributed by atoms with Crippen molar-refractivity contribution in [3.63, 3.8) is 0 Å². The summed E-state index contributed by atoms with van der Waals surface area (Å²) in [5.41, 5.74) is 0.709. The lowest BCUT2D eigenvalue weighted by Crippen LogP contribution is -2.27. The van der Waals surface area contributed by atoms with Gasteiger partial charge in [-0.15, -0.1) is 0 Å². The highest BCUT2D eigenvalue weighted by molar-refractivity contribution is 7.80. The molecule has 1 aromatic rings. The largest absolute Gasteiger partial charge is 0.504 e. The number of aliphatic imine (C=N–C) groups is 1. The zero-order valence-corrected chi connectivity index (χ0v) is 20.0. The molecular weight excluding hydrogens is 428 g/mol. The van der Waals surface area contributed by atoms with Crippen LogP contribution in [-0.2, 0) is 14.3 Å². The summed E-state index contributed by atoms with van der Waals surface area (Å²) in [6.45, 7) is 2.90. The molecule has 0 heterocycles. The fraction of sp³-hybridized carbons (Fsp3) is 0.667. The first-order valence-corrected chi connectivity index (χ1v) is 12.3. The van der Waals surface area contributed by atoms with E-state index in [0.717, 1.165) is 18.6 Å². The molecule has 0 atom stereocenters. The quantitative estimate of drug-likeness (QED) is 0.0999. The molecule has 182 valence electrons. The van der Waals surface area contributed by atoms with Gasteiger partial charge in [-0.25, -0.2) is 0 Å². The van der Waals surface area contributed by atoms with E-state index in [2.05, 4.69) is 22.9 Å². The minimum atomic E-state index is -0.167. The van der Waals surface area contributed by atoms with Gasteiger partial charge in [0.15, 0.2) is 11.5 Å². The minimum absolute atomic E-state index is 0.0958. The lowest BCUT2D eigenvalue weighted by atomic mass is 10.1. The van der Waals surface area contributed by atoms with E-state index in [1.165, 1.54) is 50.7 Å². The van der Waals surface area contributed by atoms with E-state index < -0.39 is 0 Å². The maximum Gasteiger partial charge on any atom is 0.220 e. The smallest absolute Gasteiger partial charge is 0.220 e. The second kappa shape index (κ2) is 19.9. The number of amides is 1. The predicted molar refractivity (Wildman–Crippen MR) is 132 cm³/mol. The number of nitrogens with zero attached hydrogens (tertiary/aromatic N) is 1. The summed E-state index contributed by atoms with van der Waals surface area (Å²) in [7, 11) is 0. The van der Waals surface area contributed by atoms with Crippen LogP contribution >= 0.6 is 12.6 Å². The van der Waals surface area contributed by atoms with Crippen LogP contribution in [0.25, 0.3) is 0 Å². The van der Waals surface area contributed by atoms with Crippen molar-refractivity contribution in [2.75, 3.05) is 45.3 Å². The molecule has 0 aromatic heterocycles. The number of ether oxygens (including phenoxy) is 2. The molecule has 0 spiro atoms. The van der Waals surface area contributed by atoms with Gasteiger partial charge in [0, 0.05) is 19.2 Å². The van der Waals surface area contributed by atoms with E-state index in [9.17, 15) is 15.0 Å². The molecule has 0 fully saturated rings. The van der Waals surface area contributed by atoms with Gasteiger partial charge in [-0.3, -0.25) is 9.79 Å². The van der Waals surface area contributed by atoms with Crippen LogP contribution < -0.4 is 5.32 Å². The Hall–Kier alpha value is -1.77. The molecular formula is C24H40N2O5S. The van der Waals surface area contributed by atoms with E-state index in [4.69, 9.17) is 9.47 Å². The van der Waals surface area contributed by atoms with Crippen LogP contribution in [0.4, 0.5) is 0 Å². The Morgan fingerprint density at radius 2 is 1.56 bits per heavy atom. The lowest BCUT2D eigenvalue weighted by molar-refractivity contribution is -0.121. The van der Waals surface area contributed by atoms with Crippen LogP contribution in [0.1, 0.15) is 63.4 Å². The number of aromatic hydroxyl groups is 2. The molecule has 32 heavy (non-hydrogen) atoms. The van der Waals surface area contributed by atoms with Gasteiger partial charge in [0.05, 0.1) is 33.0 Å². The first-order valence-electron chi connectivity index (χ1n) is 11.7. The molecule has 0 saturated heterocycles. The Bertz CT molecular complexity index is 643. The fourth-order valence-corrected chi connectivity index (χ4v) is 3.26. The molecule has 0 saturated carbocycles. The number of rotatable bonds is 20. The zero-order valence-electron chi connectivity index (χ0n) is 19.1. The van der Waals surface area contributed by atoms with Crippen LogP contribution in [0.15, 0.2) is 23.2 Å². The summed E-state index contributed by atoms with van der Waals surface area (Å²) >= 11 is 4.22. The molecule has 0 unspecified atom stereocenters. The third-order valence-corrected chi connectivity index (χ3v) is 5.17. The monoisotopic (exact) mass is 468 g/mol. The number of carbonyl (C=O) groups excluding carboxylic acids is 1. The van der Waals surface area contributed by atoms with E-state index >= 15 is 0 Å². The first-order chi connectivity index (χ1) is 15.6. The van der Waals surface area contributed by atoms with Crippen LogP contribution in [0.2, 0.25) is 0 Å². The second-order valence-corrected chi connectivity index (χ2v) is 8.11. The van der Waals surface area contributed by atoms with Gasteiger partial charge >= 0.3 is 0 Å². The average molecular weight is 469 g/mol. The predicted octanol–water partition coefficient (Wildman–Crippen LogP) is 4.11. The summed E-state index contributed by atoms with van der Waals surface area (Å²) in [5.74, 6) is 0.766. The van der Waals surface area contributed by atoms with Gasteiger partial charge in [0.25, 0.3) is 0 Å². The molecule has 1 aromatic carbocycles. The third kappa shape index (κ3) is 15.9. The number of unbranched alkanes of at least 4 members (excludes halogenated alkanes) is 7.